The van der Waals surface area contributed by atoms with Crippen molar-refractivity contribution in [1.29, 1.82) is 0 Å². The Morgan fingerprint density at radius 3 is 2.79 bits per heavy atom. The lowest BCUT2D eigenvalue weighted by atomic mass is 10.1. The van der Waals surface area contributed by atoms with E-state index in [1.54, 1.807) is 25.3 Å². The first kappa shape index (κ1) is 15.8. The Labute approximate surface area is 138 Å². The van der Waals surface area contributed by atoms with Gasteiger partial charge in [-0.1, -0.05) is 0 Å². The van der Waals surface area contributed by atoms with E-state index in [1.807, 2.05) is 24.3 Å². The van der Waals surface area contributed by atoms with Crippen LogP contribution in [0, 0.1) is 0 Å². The maximum Gasteiger partial charge on any atom is 0.269 e. The van der Waals surface area contributed by atoms with Crippen LogP contribution in [0.4, 0.5) is 0 Å². The molecule has 0 aliphatic rings. The number of aromatic nitrogens is 2. The predicted molar refractivity (Wildman–Crippen MR) is 86.6 cm³/mol. The molecule has 1 unspecified atom stereocenters. The zero-order valence-electron chi connectivity index (χ0n) is 13.0. The van der Waals surface area contributed by atoms with Gasteiger partial charge >= 0.3 is 0 Å². The number of aromatic amines is 1. The van der Waals surface area contributed by atoms with Gasteiger partial charge in [0.2, 0.25) is 0 Å². The van der Waals surface area contributed by atoms with Gasteiger partial charge in [-0.3, -0.25) is 9.89 Å². The summed E-state index contributed by atoms with van der Waals surface area (Å²) in [6.45, 7) is -0.265. The van der Waals surface area contributed by atoms with Gasteiger partial charge in [0, 0.05) is 5.56 Å². The highest BCUT2D eigenvalue weighted by Gasteiger charge is 2.19. The molecule has 7 nitrogen and oxygen atoms in total. The normalized spacial score (nSPS) is 11.9. The van der Waals surface area contributed by atoms with Crippen molar-refractivity contribution in [3.05, 3.63) is 60.2 Å². The molecule has 0 radical (unpaired) electrons. The lowest BCUT2D eigenvalue weighted by molar-refractivity contribution is 0.0902. The van der Waals surface area contributed by atoms with E-state index in [9.17, 15) is 9.90 Å². The van der Waals surface area contributed by atoms with Gasteiger partial charge in [0.05, 0.1) is 25.7 Å². The third-order valence-electron chi connectivity index (χ3n) is 3.58. The summed E-state index contributed by atoms with van der Waals surface area (Å²) >= 11 is 0. The Morgan fingerprint density at radius 2 is 2.17 bits per heavy atom. The molecule has 124 valence electrons. The van der Waals surface area contributed by atoms with Crippen LogP contribution in [-0.2, 0) is 0 Å². The van der Waals surface area contributed by atoms with E-state index in [4.69, 9.17) is 9.15 Å². The Balaban J connectivity index is 1.73. The molecule has 2 aromatic heterocycles. The van der Waals surface area contributed by atoms with E-state index in [0.29, 0.717) is 17.1 Å². The monoisotopic (exact) mass is 327 g/mol. The van der Waals surface area contributed by atoms with Crippen molar-refractivity contribution in [2.45, 2.75) is 6.04 Å². The molecule has 1 aromatic carbocycles. The number of H-pyrrole nitrogens is 1. The average Bonchev–Trinajstić information content (AvgIpc) is 3.31. The minimum absolute atomic E-state index is 0.265. The number of ether oxygens (including phenoxy) is 1. The van der Waals surface area contributed by atoms with Crippen LogP contribution in [-0.4, -0.2) is 34.9 Å². The van der Waals surface area contributed by atoms with Crippen LogP contribution in [0.5, 0.6) is 5.75 Å². The number of nitrogens with zero attached hydrogens (tertiary/aromatic N) is 1. The van der Waals surface area contributed by atoms with Crippen molar-refractivity contribution in [3.63, 3.8) is 0 Å². The summed E-state index contributed by atoms with van der Waals surface area (Å²) in [5.74, 6) is 0.856. The third kappa shape index (κ3) is 3.31. The minimum atomic E-state index is -0.611. The van der Waals surface area contributed by atoms with Crippen LogP contribution in [0.15, 0.2) is 53.1 Å². The molecule has 3 N–H and O–H groups in total. The van der Waals surface area contributed by atoms with Gasteiger partial charge in [0.15, 0.2) is 0 Å². The predicted octanol–water partition coefficient (Wildman–Crippen LogP) is 2.14. The van der Waals surface area contributed by atoms with Crippen molar-refractivity contribution < 1.29 is 19.1 Å². The number of rotatable bonds is 6. The summed E-state index contributed by atoms with van der Waals surface area (Å²) in [4.78, 5) is 12.3. The minimum Gasteiger partial charge on any atom is -0.497 e. The number of carbonyl (C=O) groups excluding carboxylic acids is 1. The maximum atomic E-state index is 12.3. The molecule has 0 aliphatic carbocycles. The van der Waals surface area contributed by atoms with E-state index in [1.165, 1.54) is 6.26 Å². The molecule has 0 bridgehead atoms. The molecule has 0 saturated carbocycles. The molecule has 7 heteroatoms. The average molecular weight is 327 g/mol. The summed E-state index contributed by atoms with van der Waals surface area (Å²) < 4.78 is 10.3. The molecule has 0 fully saturated rings. The molecule has 1 amide bonds. The number of furan rings is 1. The van der Waals surface area contributed by atoms with Gasteiger partial charge in [-0.25, -0.2) is 0 Å². The number of carbonyl (C=O) groups is 1. The molecule has 24 heavy (non-hydrogen) atoms. The summed E-state index contributed by atoms with van der Waals surface area (Å²) in [5, 5.41) is 19.0. The molecule has 0 spiro atoms. The summed E-state index contributed by atoms with van der Waals surface area (Å²) in [6, 6.07) is 11.8. The number of aliphatic hydroxyl groups is 1. The highest BCUT2D eigenvalue weighted by atomic mass is 16.5. The van der Waals surface area contributed by atoms with Crippen molar-refractivity contribution in [1.82, 2.24) is 15.5 Å². The van der Waals surface area contributed by atoms with E-state index < -0.39 is 6.04 Å². The zero-order chi connectivity index (χ0) is 16.9. The lowest BCUT2D eigenvalue weighted by Crippen LogP contribution is -2.30. The Hall–Kier alpha value is -3.06. The van der Waals surface area contributed by atoms with Crippen LogP contribution in [0.2, 0.25) is 0 Å². The third-order valence-corrected chi connectivity index (χ3v) is 3.58. The maximum absolute atomic E-state index is 12.3. The smallest absolute Gasteiger partial charge is 0.269 e. The van der Waals surface area contributed by atoms with Crippen LogP contribution in [0.3, 0.4) is 0 Å². The van der Waals surface area contributed by atoms with Gasteiger partial charge in [0.25, 0.3) is 5.91 Å². The number of methoxy groups -OCH3 is 1. The highest BCUT2D eigenvalue weighted by molar-refractivity contribution is 5.93. The van der Waals surface area contributed by atoms with Gasteiger partial charge < -0.3 is 19.6 Å². The first-order valence-electron chi connectivity index (χ1n) is 7.36. The fraction of sp³-hybridized carbons (Fsp3) is 0.176. The fourth-order valence-corrected chi connectivity index (χ4v) is 2.28. The Morgan fingerprint density at radius 1 is 1.38 bits per heavy atom. The summed E-state index contributed by atoms with van der Waals surface area (Å²) in [5.41, 5.74) is 1.79. The molecule has 0 aliphatic heterocycles. The van der Waals surface area contributed by atoms with Crippen LogP contribution >= 0.6 is 0 Å². The van der Waals surface area contributed by atoms with Gasteiger partial charge in [-0.15, -0.1) is 0 Å². The standard InChI is InChI=1S/C17H17N3O4/c1-23-12-6-4-11(5-7-12)13-9-14(20-19-13)17(22)18-15(10-21)16-3-2-8-24-16/h2-9,15,21H,10H2,1H3,(H,18,22)(H,19,20). The molecular formula is C17H17N3O4. The van der Waals surface area contributed by atoms with Crippen molar-refractivity contribution in [2.75, 3.05) is 13.7 Å². The lowest BCUT2D eigenvalue weighted by Gasteiger charge is -2.12. The SMILES string of the molecule is COc1ccc(-c2cc(C(=O)NC(CO)c3ccco3)[nH]n2)cc1. The number of amides is 1. The topological polar surface area (TPSA) is 100 Å². The second-order valence-electron chi connectivity index (χ2n) is 5.12. The van der Waals surface area contributed by atoms with E-state index >= 15 is 0 Å². The first-order valence-corrected chi connectivity index (χ1v) is 7.36. The van der Waals surface area contributed by atoms with E-state index in [2.05, 4.69) is 15.5 Å². The summed E-state index contributed by atoms with van der Waals surface area (Å²) in [7, 11) is 1.60. The van der Waals surface area contributed by atoms with Crippen molar-refractivity contribution in [3.8, 4) is 17.0 Å². The first-order chi connectivity index (χ1) is 11.7. The number of nitrogens with one attached hydrogen (secondary N) is 2. The fourth-order valence-electron chi connectivity index (χ4n) is 2.28. The van der Waals surface area contributed by atoms with Crippen molar-refractivity contribution in [2.24, 2.45) is 0 Å². The number of hydrogen-bond donors (Lipinski definition) is 3. The Kier molecular flexibility index (Phi) is 4.62. The molecular weight excluding hydrogens is 310 g/mol. The van der Waals surface area contributed by atoms with Crippen molar-refractivity contribution >= 4 is 5.91 Å². The molecule has 2 heterocycles. The highest BCUT2D eigenvalue weighted by Crippen LogP contribution is 2.21. The zero-order valence-corrected chi connectivity index (χ0v) is 13.0. The van der Waals surface area contributed by atoms with Crippen LogP contribution < -0.4 is 10.1 Å². The van der Waals surface area contributed by atoms with Gasteiger partial charge in [0.1, 0.15) is 23.2 Å². The molecule has 3 aromatic rings. The van der Waals surface area contributed by atoms with Crippen LogP contribution in [0.1, 0.15) is 22.3 Å². The summed E-state index contributed by atoms with van der Waals surface area (Å²) in [6.07, 6.45) is 1.49. The van der Waals surface area contributed by atoms with Crippen LogP contribution in [0.25, 0.3) is 11.3 Å². The number of hydrogen-bond acceptors (Lipinski definition) is 5. The van der Waals surface area contributed by atoms with E-state index in [0.717, 1.165) is 11.3 Å². The molecule has 0 saturated heterocycles. The number of aliphatic hydroxyl groups excluding tert-OH is 1. The van der Waals surface area contributed by atoms with Gasteiger partial charge in [-0.2, -0.15) is 5.10 Å². The second-order valence-corrected chi connectivity index (χ2v) is 5.12. The molecule has 1 atom stereocenters. The number of benzene rings is 1. The molecule has 3 rings (SSSR count). The Bertz CT molecular complexity index is 794. The van der Waals surface area contributed by atoms with E-state index in [-0.39, 0.29) is 12.5 Å². The quantitative estimate of drug-likeness (QED) is 0.644. The largest absolute Gasteiger partial charge is 0.497 e. The second kappa shape index (κ2) is 7.01. The van der Waals surface area contributed by atoms with Gasteiger partial charge in [-0.05, 0) is 42.5 Å².